The highest BCUT2D eigenvalue weighted by Gasteiger charge is 2.48. The summed E-state index contributed by atoms with van der Waals surface area (Å²) in [6, 6.07) is 20.4. The van der Waals surface area contributed by atoms with Crippen LogP contribution < -0.4 is 0 Å². The van der Waals surface area contributed by atoms with E-state index in [0.29, 0.717) is 18.2 Å². The third kappa shape index (κ3) is 5.50. The Balaban J connectivity index is 1.39. The van der Waals surface area contributed by atoms with Crippen molar-refractivity contribution in [3.05, 3.63) is 71.8 Å². The minimum atomic E-state index is -1.54. The van der Waals surface area contributed by atoms with E-state index in [1.165, 1.54) is 12.0 Å². The fourth-order valence-corrected chi connectivity index (χ4v) is 6.04. The molecule has 2 aliphatic rings. The number of carbonyl (C=O) groups excluding carboxylic acids is 1. The molecule has 4 rings (SSSR count). The van der Waals surface area contributed by atoms with Crippen molar-refractivity contribution in [2.75, 3.05) is 26.7 Å². The molecule has 1 aliphatic heterocycles. The molecule has 1 saturated carbocycles. The van der Waals surface area contributed by atoms with E-state index >= 15 is 0 Å². The largest absolute Gasteiger partial charge is 0.457 e. The molecule has 178 valence electrons. The summed E-state index contributed by atoms with van der Waals surface area (Å²) in [7, 11) is 2.31. The Morgan fingerprint density at radius 2 is 1.64 bits per heavy atom. The molecule has 0 radical (unpaired) electrons. The first kappa shape index (κ1) is 24.0. The zero-order valence-electron chi connectivity index (χ0n) is 20.1. The third-order valence-corrected chi connectivity index (χ3v) is 8.19. The predicted molar refractivity (Wildman–Crippen MR) is 132 cm³/mol. The lowest BCUT2D eigenvalue weighted by atomic mass is 9.73. The zero-order valence-corrected chi connectivity index (χ0v) is 20.1. The van der Waals surface area contributed by atoms with Gasteiger partial charge in [-0.2, -0.15) is 0 Å². The van der Waals surface area contributed by atoms with Crippen molar-refractivity contribution in [1.82, 2.24) is 0 Å². The van der Waals surface area contributed by atoms with E-state index in [-0.39, 0.29) is 5.92 Å². The average molecular weight is 451 g/mol. The number of likely N-dealkylation sites (N-methyl/N-ethyl adjacent to an activating group) is 1. The van der Waals surface area contributed by atoms with Crippen LogP contribution in [0.1, 0.15) is 62.5 Å². The number of hydrogen-bond acceptors (Lipinski definition) is 3. The summed E-state index contributed by atoms with van der Waals surface area (Å²) < 4.78 is 6.91. The lowest BCUT2D eigenvalue weighted by molar-refractivity contribution is -0.921. The van der Waals surface area contributed by atoms with Crippen LogP contribution in [0, 0.1) is 5.92 Å². The van der Waals surface area contributed by atoms with Crippen molar-refractivity contribution in [1.29, 1.82) is 0 Å². The Labute approximate surface area is 199 Å². The molecule has 0 bridgehead atoms. The summed E-state index contributed by atoms with van der Waals surface area (Å²) in [6.45, 7) is 2.60. The van der Waals surface area contributed by atoms with Gasteiger partial charge in [-0.15, -0.1) is 0 Å². The molecule has 2 aromatic carbocycles. The van der Waals surface area contributed by atoms with E-state index in [0.717, 1.165) is 68.9 Å². The van der Waals surface area contributed by atoms with Gasteiger partial charge in [0.15, 0.2) is 5.60 Å². The number of aliphatic hydroxyl groups is 1. The molecule has 2 unspecified atom stereocenters. The third-order valence-electron chi connectivity index (χ3n) is 8.19. The SMILES string of the molecule is C[N@@+]1(CCCc2ccccc2)CCCC1COC(=O)C(O)(c1ccccc1)C1CCCCC1. The van der Waals surface area contributed by atoms with Gasteiger partial charge < -0.3 is 14.3 Å². The van der Waals surface area contributed by atoms with E-state index in [1.807, 2.05) is 30.3 Å². The summed E-state index contributed by atoms with van der Waals surface area (Å²) in [5.74, 6) is -0.528. The second-order valence-corrected chi connectivity index (χ2v) is 10.4. The van der Waals surface area contributed by atoms with E-state index in [2.05, 4.69) is 37.4 Å². The van der Waals surface area contributed by atoms with Gasteiger partial charge in [-0.25, -0.2) is 4.79 Å². The molecule has 2 fully saturated rings. The number of hydrogen-bond donors (Lipinski definition) is 1. The average Bonchev–Trinajstić information content (AvgIpc) is 3.23. The predicted octanol–water partition coefficient (Wildman–Crippen LogP) is 5.24. The molecule has 4 nitrogen and oxygen atoms in total. The Hall–Kier alpha value is -2.17. The van der Waals surface area contributed by atoms with E-state index in [4.69, 9.17) is 4.74 Å². The molecule has 33 heavy (non-hydrogen) atoms. The minimum absolute atomic E-state index is 0.0727. The molecule has 0 aromatic heterocycles. The van der Waals surface area contributed by atoms with Crippen LogP contribution in [0.5, 0.6) is 0 Å². The van der Waals surface area contributed by atoms with Gasteiger partial charge in [0.1, 0.15) is 12.6 Å². The summed E-state index contributed by atoms with van der Waals surface area (Å²) in [4.78, 5) is 13.5. The van der Waals surface area contributed by atoms with Crippen LogP contribution in [0.4, 0.5) is 0 Å². The first-order chi connectivity index (χ1) is 16.0. The molecule has 2 aromatic rings. The smallest absolute Gasteiger partial charge is 0.343 e. The summed E-state index contributed by atoms with van der Waals surface area (Å²) in [5, 5.41) is 11.8. The number of aryl methyl sites for hydroxylation is 1. The van der Waals surface area contributed by atoms with Crippen LogP contribution in [-0.4, -0.2) is 48.3 Å². The molecule has 1 saturated heterocycles. The lowest BCUT2D eigenvalue weighted by Gasteiger charge is -2.39. The standard InChI is InChI=1S/C29H40NO3/c1-30(21-11-15-24-13-5-2-6-14-24)22-12-20-27(30)23-33-28(31)29(32,25-16-7-3-8-17-25)26-18-9-4-10-19-26/h2-3,5-8,13-14,16-17,26-27,32H,4,9-12,15,18-23H2,1H3/q+1/t27?,29?,30-/m1/s1. The van der Waals surface area contributed by atoms with Gasteiger partial charge in [-0.05, 0) is 30.4 Å². The fourth-order valence-electron chi connectivity index (χ4n) is 6.04. The maximum atomic E-state index is 13.5. The fraction of sp³-hybridized carbons (Fsp3) is 0.552. The van der Waals surface area contributed by atoms with Gasteiger partial charge in [-0.1, -0.05) is 79.9 Å². The Bertz CT molecular complexity index is 880. The molecule has 0 spiro atoms. The van der Waals surface area contributed by atoms with Crippen molar-refractivity contribution in [3.63, 3.8) is 0 Å². The molecule has 3 atom stereocenters. The van der Waals surface area contributed by atoms with E-state index in [9.17, 15) is 9.90 Å². The normalized spacial score (nSPS) is 25.5. The molecule has 1 N–H and O–H groups in total. The van der Waals surface area contributed by atoms with Crippen molar-refractivity contribution in [2.45, 2.75) is 69.4 Å². The van der Waals surface area contributed by atoms with Gasteiger partial charge >= 0.3 is 5.97 Å². The minimum Gasteiger partial charge on any atom is -0.457 e. The first-order valence-electron chi connectivity index (χ1n) is 12.9. The number of esters is 1. The van der Waals surface area contributed by atoms with Gasteiger partial charge in [-0.3, -0.25) is 0 Å². The topological polar surface area (TPSA) is 46.5 Å². The van der Waals surface area contributed by atoms with Gasteiger partial charge in [0.05, 0.1) is 20.1 Å². The van der Waals surface area contributed by atoms with Crippen LogP contribution in [0.25, 0.3) is 0 Å². The highest BCUT2D eigenvalue weighted by Crippen LogP contribution is 2.40. The van der Waals surface area contributed by atoms with Crippen LogP contribution in [0.15, 0.2) is 60.7 Å². The van der Waals surface area contributed by atoms with Gasteiger partial charge in [0.25, 0.3) is 0 Å². The van der Waals surface area contributed by atoms with Crippen molar-refractivity contribution < 1.29 is 19.1 Å². The highest BCUT2D eigenvalue weighted by molar-refractivity contribution is 5.81. The van der Waals surface area contributed by atoms with Gasteiger partial charge in [0.2, 0.25) is 0 Å². The number of benzene rings is 2. The van der Waals surface area contributed by atoms with Crippen molar-refractivity contribution in [2.24, 2.45) is 5.92 Å². The van der Waals surface area contributed by atoms with Crippen LogP contribution in [0.3, 0.4) is 0 Å². The summed E-state index contributed by atoms with van der Waals surface area (Å²) in [5.41, 5.74) is 0.511. The Morgan fingerprint density at radius 3 is 2.33 bits per heavy atom. The Kier molecular flexibility index (Phi) is 7.87. The summed E-state index contributed by atoms with van der Waals surface area (Å²) in [6.07, 6.45) is 9.49. The second-order valence-electron chi connectivity index (χ2n) is 10.4. The maximum absolute atomic E-state index is 13.5. The molecule has 1 aliphatic carbocycles. The number of ether oxygens (including phenoxy) is 1. The Morgan fingerprint density at radius 1 is 0.970 bits per heavy atom. The van der Waals surface area contributed by atoms with Crippen LogP contribution in [-0.2, 0) is 21.6 Å². The molecular formula is C29H40NO3+. The van der Waals surface area contributed by atoms with Gasteiger partial charge in [0, 0.05) is 25.2 Å². The molecule has 4 heteroatoms. The molecular weight excluding hydrogens is 410 g/mol. The quantitative estimate of drug-likeness (QED) is 0.420. The highest BCUT2D eigenvalue weighted by atomic mass is 16.6. The maximum Gasteiger partial charge on any atom is 0.343 e. The summed E-state index contributed by atoms with van der Waals surface area (Å²) >= 11 is 0. The van der Waals surface area contributed by atoms with Crippen LogP contribution in [0.2, 0.25) is 0 Å². The lowest BCUT2D eigenvalue weighted by Crippen LogP contribution is -2.52. The number of rotatable bonds is 9. The van der Waals surface area contributed by atoms with Crippen molar-refractivity contribution in [3.8, 4) is 0 Å². The van der Waals surface area contributed by atoms with E-state index in [1.54, 1.807) is 0 Å². The first-order valence-corrected chi connectivity index (χ1v) is 12.9. The monoisotopic (exact) mass is 450 g/mol. The molecule has 0 amide bonds. The number of carbonyl (C=O) groups is 1. The number of nitrogens with zero attached hydrogens (tertiary/aromatic N) is 1. The van der Waals surface area contributed by atoms with E-state index < -0.39 is 11.6 Å². The van der Waals surface area contributed by atoms with Crippen LogP contribution >= 0.6 is 0 Å². The zero-order chi connectivity index (χ0) is 23.2. The number of quaternary nitrogens is 1. The van der Waals surface area contributed by atoms with Crippen molar-refractivity contribution >= 4 is 5.97 Å². The second kappa shape index (κ2) is 10.8. The molecule has 1 heterocycles. The number of likely N-dealkylation sites (tertiary alicyclic amines) is 1.